The number of amides is 3. The van der Waals surface area contributed by atoms with E-state index in [2.05, 4.69) is 29.9 Å². The molecule has 0 radical (unpaired) electrons. The van der Waals surface area contributed by atoms with Crippen LogP contribution in [0.5, 0.6) is 0 Å². The summed E-state index contributed by atoms with van der Waals surface area (Å²) in [5.41, 5.74) is 27.9. The summed E-state index contributed by atoms with van der Waals surface area (Å²) >= 11 is 0. The monoisotopic (exact) mass is 570 g/mol. The molecule has 3 amide bonds. The molecule has 0 aliphatic rings. The molecule has 0 aromatic carbocycles. The molecule has 3 heterocycles. The zero-order chi connectivity index (χ0) is 31.2. The average Bonchev–Trinajstić information content (AvgIpc) is 3.54. The van der Waals surface area contributed by atoms with Gasteiger partial charge < -0.3 is 69.8 Å². The molecule has 0 atom stereocenters. The third-order valence-electron chi connectivity index (χ3n) is 4.03. The summed E-state index contributed by atoms with van der Waals surface area (Å²) in [7, 11) is 0. The van der Waals surface area contributed by atoms with Gasteiger partial charge in [-0.2, -0.15) is 0 Å². The Labute approximate surface area is 221 Å². The quantitative estimate of drug-likeness (QED) is 0.123. The second-order valence-corrected chi connectivity index (χ2v) is 7.06. The van der Waals surface area contributed by atoms with Crippen LogP contribution in [0, 0.1) is 0 Å². The van der Waals surface area contributed by atoms with Gasteiger partial charge in [0.1, 0.15) is 17.1 Å². The number of carboxylic acids is 3. The molecule has 40 heavy (non-hydrogen) atoms. The summed E-state index contributed by atoms with van der Waals surface area (Å²) in [6.45, 7) is 0. The van der Waals surface area contributed by atoms with Crippen LogP contribution < -0.4 is 34.4 Å². The number of aromatic nitrogens is 6. The summed E-state index contributed by atoms with van der Waals surface area (Å²) in [6.07, 6.45) is 1.66. The van der Waals surface area contributed by atoms with E-state index in [1.807, 2.05) is 0 Å². The van der Waals surface area contributed by atoms with E-state index in [0.717, 1.165) is 0 Å². The number of nitrogens with two attached hydrogens (primary N) is 6. The first-order valence-electron chi connectivity index (χ1n) is 10.1. The van der Waals surface area contributed by atoms with Gasteiger partial charge in [-0.3, -0.25) is 24.0 Å². The first-order valence-corrected chi connectivity index (χ1v) is 10.1. The van der Waals surface area contributed by atoms with Crippen molar-refractivity contribution in [3.63, 3.8) is 0 Å². The SMILES string of the molecule is NC(=O)c1[nH]cnc1N.NC(=O)c1[nH]cnc1N.NC(=O)c1[nH]cnc1N.O=C(O)CC(O)(CC(=O)O)C(=O)O. The molecule has 0 fully saturated rings. The van der Waals surface area contributed by atoms with E-state index in [9.17, 15) is 28.8 Å². The third kappa shape index (κ3) is 11.2. The van der Waals surface area contributed by atoms with Crippen LogP contribution in [0.25, 0.3) is 0 Å². The van der Waals surface area contributed by atoms with Gasteiger partial charge in [0.15, 0.2) is 23.1 Å². The summed E-state index contributed by atoms with van der Waals surface area (Å²) in [5, 5.41) is 33.8. The van der Waals surface area contributed by atoms with Crippen molar-refractivity contribution in [1.82, 2.24) is 29.9 Å². The number of rotatable bonds is 8. The van der Waals surface area contributed by atoms with Crippen LogP contribution >= 0.6 is 0 Å². The summed E-state index contributed by atoms with van der Waals surface area (Å²) in [5.74, 6) is -6.37. The Morgan fingerprint density at radius 1 is 0.625 bits per heavy atom. The van der Waals surface area contributed by atoms with Gasteiger partial charge in [-0.1, -0.05) is 0 Å². The number of anilines is 3. The summed E-state index contributed by atoms with van der Waals surface area (Å²) in [4.78, 5) is 79.7. The Bertz CT molecular complexity index is 1210. The van der Waals surface area contributed by atoms with Crippen LogP contribution in [-0.4, -0.2) is 91.6 Å². The van der Waals surface area contributed by atoms with Crippen molar-refractivity contribution < 1.29 is 49.2 Å². The van der Waals surface area contributed by atoms with Crippen LogP contribution in [0.15, 0.2) is 19.0 Å². The van der Waals surface area contributed by atoms with E-state index in [-0.39, 0.29) is 34.5 Å². The third-order valence-corrected chi connectivity index (χ3v) is 4.03. The largest absolute Gasteiger partial charge is 0.481 e. The minimum atomic E-state index is -2.74. The fourth-order valence-corrected chi connectivity index (χ4v) is 2.22. The molecule has 22 heteroatoms. The Morgan fingerprint density at radius 2 is 0.875 bits per heavy atom. The molecule has 3 rings (SSSR count). The van der Waals surface area contributed by atoms with Gasteiger partial charge in [-0.15, -0.1) is 0 Å². The van der Waals surface area contributed by atoms with Crippen LogP contribution in [0.3, 0.4) is 0 Å². The number of hydrogen-bond donors (Lipinski definition) is 13. The van der Waals surface area contributed by atoms with Gasteiger partial charge in [-0.25, -0.2) is 19.7 Å². The molecular formula is C18H26N12O10. The molecule has 22 nitrogen and oxygen atoms in total. The predicted molar refractivity (Wildman–Crippen MR) is 132 cm³/mol. The number of hydrogen-bond acceptors (Lipinski definition) is 13. The second-order valence-electron chi connectivity index (χ2n) is 7.06. The standard InChI is InChI=1S/C6H8O7.3C4H6N4O/c7-3(8)1-6(13,5(11)12)2-4(9)10;3*5-3-2(4(6)9)7-1-8-3/h13H,1-2H2,(H,7,8)(H,9,10)(H,11,12);3*1H,5H2,(H2,6,9)(H,7,8). The maximum Gasteiger partial charge on any atom is 0.336 e. The van der Waals surface area contributed by atoms with Crippen molar-refractivity contribution in [1.29, 1.82) is 0 Å². The maximum absolute atomic E-state index is 10.4. The lowest BCUT2D eigenvalue weighted by atomic mass is 9.96. The van der Waals surface area contributed by atoms with E-state index < -0.39 is 54.1 Å². The molecule has 19 N–H and O–H groups in total. The first kappa shape index (κ1) is 33.8. The van der Waals surface area contributed by atoms with Crippen molar-refractivity contribution in [3.05, 3.63) is 36.1 Å². The molecule has 218 valence electrons. The zero-order valence-corrected chi connectivity index (χ0v) is 20.2. The Hall–Kier alpha value is -6.19. The van der Waals surface area contributed by atoms with Crippen LogP contribution in [-0.2, 0) is 14.4 Å². The van der Waals surface area contributed by atoms with E-state index in [4.69, 9.17) is 54.8 Å². The first-order chi connectivity index (χ1) is 18.4. The number of H-pyrrole nitrogens is 3. The number of nitrogens with zero attached hydrogens (tertiary/aromatic N) is 3. The number of nitrogens with one attached hydrogen (secondary N) is 3. The number of aliphatic hydroxyl groups is 1. The molecule has 3 aromatic heterocycles. The highest BCUT2D eigenvalue weighted by atomic mass is 16.4. The number of primary amides is 3. The highest BCUT2D eigenvalue weighted by Crippen LogP contribution is 2.15. The normalized spacial score (nSPS) is 9.82. The van der Waals surface area contributed by atoms with Crippen molar-refractivity contribution in [3.8, 4) is 0 Å². The maximum atomic E-state index is 10.4. The van der Waals surface area contributed by atoms with Crippen molar-refractivity contribution in [2.45, 2.75) is 18.4 Å². The smallest absolute Gasteiger partial charge is 0.336 e. The second kappa shape index (κ2) is 15.2. The van der Waals surface area contributed by atoms with E-state index >= 15 is 0 Å². The Balaban J connectivity index is 0.000000513. The van der Waals surface area contributed by atoms with Gasteiger partial charge in [0.2, 0.25) is 0 Å². The highest BCUT2D eigenvalue weighted by Gasteiger charge is 2.40. The van der Waals surface area contributed by atoms with Crippen LogP contribution in [0.4, 0.5) is 17.5 Å². The number of carboxylic acid groups (broad SMARTS) is 3. The van der Waals surface area contributed by atoms with Crippen LogP contribution in [0.1, 0.15) is 44.3 Å². The highest BCUT2D eigenvalue weighted by molar-refractivity contribution is 5.96. The van der Waals surface area contributed by atoms with Crippen LogP contribution in [0.2, 0.25) is 0 Å². The van der Waals surface area contributed by atoms with E-state index in [1.165, 1.54) is 19.0 Å². The number of nitrogen functional groups attached to an aromatic ring is 3. The molecule has 0 aliphatic carbocycles. The van der Waals surface area contributed by atoms with Crippen molar-refractivity contribution in [2.24, 2.45) is 17.2 Å². The zero-order valence-electron chi connectivity index (χ0n) is 20.2. The van der Waals surface area contributed by atoms with Gasteiger partial charge in [0.25, 0.3) is 17.7 Å². The van der Waals surface area contributed by atoms with Gasteiger partial charge in [0.05, 0.1) is 31.8 Å². The van der Waals surface area contributed by atoms with Crippen molar-refractivity contribution >= 4 is 53.1 Å². The van der Waals surface area contributed by atoms with Gasteiger partial charge in [-0.05, 0) is 0 Å². The lowest BCUT2D eigenvalue weighted by Crippen LogP contribution is -2.42. The molecule has 0 saturated heterocycles. The fourth-order valence-electron chi connectivity index (χ4n) is 2.22. The lowest BCUT2D eigenvalue weighted by Gasteiger charge is -2.18. The van der Waals surface area contributed by atoms with Crippen molar-refractivity contribution in [2.75, 3.05) is 17.2 Å². The number of carbonyl (C=O) groups is 6. The molecule has 3 aromatic rings. The molecular weight excluding hydrogens is 544 g/mol. The number of imidazole rings is 3. The number of carbonyl (C=O) groups excluding carboxylic acids is 3. The summed E-state index contributed by atoms with van der Waals surface area (Å²) < 4.78 is 0. The van der Waals surface area contributed by atoms with Gasteiger partial charge >= 0.3 is 17.9 Å². The Kier molecular flexibility index (Phi) is 12.8. The predicted octanol–water partition coefficient (Wildman–Crippen LogP) is -3.98. The number of aliphatic carboxylic acids is 3. The minimum absolute atomic E-state index is 0.141. The van der Waals surface area contributed by atoms with Gasteiger partial charge in [0, 0.05) is 0 Å². The summed E-state index contributed by atoms with van der Waals surface area (Å²) in [6, 6.07) is 0. The average molecular weight is 570 g/mol. The molecule has 0 unspecified atom stereocenters. The van der Waals surface area contributed by atoms with E-state index in [0.29, 0.717) is 0 Å². The van der Waals surface area contributed by atoms with E-state index in [1.54, 1.807) is 0 Å². The Morgan fingerprint density at radius 3 is 0.975 bits per heavy atom. The fraction of sp³-hybridized carbons (Fsp3) is 0.167. The molecule has 0 spiro atoms. The topological polar surface area (TPSA) is 426 Å². The minimum Gasteiger partial charge on any atom is -0.481 e. The molecule has 0 saturated carbocycles. The number of aromatic amines is 3. The molecule has 0 aliphatic heterocycles. The molecule has 0 bridgehead atoms. The lowest BCUT2D eigenvalue weighted by molar-refractivity contribution is -0.170.